The van der Waals surface area contributed by atoms with Crippen LogP contribution in [0.25, 0.3) is 0 Å². The quantitative estimate of drug-likeness (QED) is 0.573. The van der Waals surface area contributed by atoms with Gasteiger partial charge in [-0.2, -0.15) is 13.2 Å². The van der Waals surface area contributed by atoms with E-state index in [9.17, 15) is 22.8 Å². The summed E-state index contributed by atoms with van der Waals surface area (Å²) in [7, 11) is 1.18. The van der Waals surface area contributed by atoms with Gasteiger partial charge in [-0.05, 0) is 80.8 Å². The van der Waals surface area contributed by atoms with Crippen LogP contribution in [0.2, 0.25) is 0 Å². The predicted molar refractivity (Wildman–Crippen MR) is 120 cm³/mol. The number of nitrogens with zero attached hydrogens (tertiary/aromatic N) is 2. The number of rotatable bonds is 2. The third-order valence-corrected chi connectivity index (χ3v) is 9.05. The summed E-state index contributed by atoms with van der Waals surface area (Å²) in [6, 6.07) is 2.30. The standard InChI is InChI=1S/C26H33F3N2O3/c1-16-22-13-20-17(11-18(26(27,28)29)12-21(20)23(32)34-2)15-31(22)24(33)25(16)8-7-19(14-25)30-9-5-3-4-6-10-30/h11-12,16,19,22H,3-10,13-15H2,1-2H3/t16?,19-,22?,25+/m1/s1. The van der Waals surface area contributed by atoms with E-state index in [1.54, 1.807) is 4.90 Å². The van der Waals surface area contributed by atoms with Crippen molar-refractivity contribution in [2.45, 2.75) is 83.1 Å². The average Bonchev–Trinajstić information content (AvgIpc) is 3.19. The van der Waals surface area contributed by atoms with Crippen LogP contribution in [0.3, 0.4) is 0 Å². The fourth-order valence-electron chi connectivity index (χ4n) is 7.14. The van der Waals surface area contributed by atoms with Crippen molar-refractivity contribution in [2.24, 2.45) is 11.3 Å². The van der Waals surface area contributed by atoms with E-state index < -0.39 is 23.1 Å². The molecular weight excluding hydrogens is 445 g/mol. The molecule has 1 spiro atoms. The van der Waals surface area contributed by atoms with Gasteiger partial charge >= 0.3 is 12.1 Å². The maximum absolute atomic E-state index is 13.8. The van der Waals surface area contributed by atoms with Crippen LogP contribution in [0, 0.1) is 11.3 Å². The molecule has 1 aromatic rings. The van der Waals surface area contributed by atoms with Crippen LogP contribution in [0.15, 0.2) is 12.1 Å². The molecule has 2 saturated heterocycles. The molecule has 2 unspecified atom stereocenters. The van der Waals surface area contributed by atoms with Crippen molar-refractivity contribution in [2.75, 3.05) is 20.2 Å². The van der Waals surface area contributed by atoms with Gasteiger partial charge in [-0.1, -0.05) is 19.8 Å². The Hall–Kier alpha value is -2.09. The number of benzene rings is 1. The van der Waals surface area contributed by atoms with E-state index in [4.69, 9.17) is 4.74 Å². The van der Waals surface area contributed by atoms with Crippen LogP contribution in [0.5, 0.6) is 0 Å². The fraction of sp³-hybridized carbons (Fsp3) is 0.692. The molecule has 5 rings (SSSR count). The molecule has 0 radical (unpaired) electrons. The second-order valence-corrected chi connectivity index (χ2v) is 10.6. The van der Waals surface area contributed by atoms with E-state index in [0.29, 0.717) is 23.6 Å². The van der Waals surface area contributed by atoms with E-state index in [2.05, 4.69) is 11.8 Å². The highest BCUT2D eigenvalue weighted by Gasteiger charge is 2.61. The first-order valence-electron chi connectivity index (χ1n) is 12.5. The number of fused-ring (bicyclic) bond motifs is 2. The van der Waals surface area contributed by atoms with E-state index in [-0.39, 0.29) is 30.0 Å². The van der Waals surface area contributed by atoms with Crippen molar-refractivity contribution < 1.29 is 27.5 Å². The van der Waals surface area contributed by atoms with Crippen LogP contribution in [0.1, 0.15) is 78.9 Å². The number of methoxy groups -OCH3 is 1. The highest BCUT2D eigenvalue weighted by Crippen LogP contribution is 2.55. The smallest absolute Gasteiger partial charge is 0.416 e. The predicted octanol–water partition coefficient (Wildman–Crippen LogP) is 4.81. The zero-order chi connectivity index (χ0) is 24.3. The Bertz CT molecular complexity index is 986. The number of likely N-dealkylation sites (tertiary alicyclic amines) is 1. The topological polar surface area (TPSA) is 49.9 Å². The molecule has 1 amide bonds. The number of hydrogen-bond donors (Lipinski definition) is 0. The van der Waals surface area contributed by atoms with Gasteiger partial charge in [-0.15, -0.1) is 0 Å². The fourth-order valence-corrected chi connectivity index (χ4v) is 7.14. The van der Waals surface area contributed by atoms with E-state index in [1.165, 1.54) is 32.8 Å². The highest BCUT2D eigenvalue weighted by atomic mass is 19.4. The van der Waals surface area contributed by atoms with Crippen molar-refractivity contribution in [1.29, 1.82) is 0 Å². The average molecular weight is 479 g/mol. The molecule has 1 saturated carbocycles. The van der Waals surface area contributed by atoms with Gasteiger partial charge in [-0.3, -0.25) is 4.79 Å². The lowest BCUT2D eigenvalue weighted by molar-refractivity contribution is -0.138. The molecule has 1 aromatic carbocycles. The van der Waals surface area contributed by atoms with Gasteiger partial charge in [0.15, 0.2) is 0 Å². The van der Waals surface area contributed by atoms with Crippen molar-refractivity contribution in [1.82, 2.24) is 9.80 Å². The monoisotopic (exact) mass is 478 g/mol. The first kappa shape index (κ1) is 23.6. The summed E-state index contributed by atoms with van der Waals surface area (Å²) in [5.41, 5.74) is -0.351. The van der Waals surface area contributed by atoms with Crippen molar-refractivity contribution in [3.8, 4) is 0 Å². The molecule has 3 aliphatic heterocycles. The van der Waals surface area contributed by atoms with Crippen molar-refractivity contribution >= 4 is 11.9 Å². The Balaban J connectivity index is 1.45. The van der Waals surface area contributed by atoms with E-state index in [0.717, 1.165) is 44.5 Å². The summed E-state index contributed by atoms with van der Waals surface area (Å²) in [5.74, 6) is -0.590. The van der Waals surface area contributed by atoms with Gasteiger partial charge in [0.25, 0.3) is 0 Å². The van der Waals surface area contributed by atoms with Crippen molar-refractivity contribution in [3.05, 3.63) is 34.4 Å². The third kappa shape index (κ3) is 3.73. The number of halogens is 3. The van der Waals surface area contributed by atoms with E-state index in [1.807, 2.05) is 0 Å². The minimum atomic E-state index is -4.58. The molecule has 186 valence electrons. The zero-order valence-corrected chi connectivity index (χ0v) is 19.9. The van der Waals surface area contributed by atoms with Crippen LogP contribution in [-0.2, 0) is 28.7 Å². The lowest BCUT2D eigenvalue weighted by atomic mass is 9.73. The minimum absolute atomic E-state index is 0.0264. The molecule has 34 heavy (non-hydrogen) atoms. The van der Waals surface area contributed by atoms with Crippen LogP contribution >= 0.6 is 0 Å². The Morgan fingerprint density at radius 1 is 1.15 bits per heavy atom. The lowest BCUT2D eigenvalue weighted by Crippen LogP contribution is -2.41. The van der Waals surface area contributed by atoms with Crippen LogP contribution in [-0.4, -0.2) is 54.0 Å². The molecule has 0 bridgehead atoms. The summed E-state index contributed by atoms with van der Waals surface area (Å²) in [5, 5.41) is 0. The maximum Gasteiger partial charge on any atom is 0.416 e. The molecule has 5 nitrogen and oxygen atoms in total. The minimum Gasteiger partial charge on any atom is -0.465 e. The third-order valence-electron chi connectivity index (χ3n) is 9.05. The number of alkyl halides is 3. The molecule has 3 fully saturated rings. The van der Waals surface area contributed by atoms with Gasteiger partial charge in [0.2, 0.25) is 5.91 Å². The van der Waals surface area contributed by atoms with Gasteiger partial charge in [0, 0.05) is 18.6 Å². The van der Waals surface area contributed by atoms with Crippen molar-refractivity contribution in [3.63, 3.8) is 0 Å². The summed E-state index contributed by atoms with van der Waals surface area (Å²) in [6.07, 6.45) is 3.40. The van der Waals surface area contributed by atoms with Gasteiger partial charge in [-0.25, -0.2) is 4.79 Å². The molecule has 1 aliphatic carbocycles. The number of carbonyl (C=O) groups excluding carboxylic acids is 2. The molecule has 4 atom stereocenters. The number of ether oxygens (including phenoxy) is 1. The summed E-state index contributed by atoms with van der Waals surface area (Å²) >= 11 is 0. The lowest BCUT2D eigenvalue weighted by Gasteiger charge is -2.34. The molecule has 3 heterocycles. The van der Waals surface area contributed by atoms with Gasteiger partial charge in [0.1, 0.15) is 0 Å². The highest BCUT2D eigenvalue weighted by molar-refractivity contribution is 5.92. The van der Waals surface area contributed by atoms with Gasteiger partial charge in [0.05, 0.1) is 23.7 Å². The van der Waals surface area contributed by atoms with Crippen LogP contribution in [0.4, 0.5) is 13.2 Å². The normalized spacial score (nSPS) is 32.0. The Morgan fingerprint density at radius 3 is 2.50 bits per heavy atom. The maximum atomic E-state index is 13.8. The van der Waals surface area contributed by atoms with E-state index >= 15 is 0 Å². The Morgan fingerprint density at radius 2 is 1.85 bits per heavy atom. The summed E-state index contributed by atoms with van der Waals surface area (Å²) in [4.78, 5) is 30.6. The molecule has 0 aromatic heterocycles. The largest absolute Gasteiger partial charge is 0.465 e. The summed E-state index contributed by atoms with van der Waals surface area (Å²) < 4.78 is 45.5. The Labute approximate surface area is 198 Å². The number of hydrogen-bond acceptors (Lipinski definition) is 4. The molecule has 4 aliphatic rings. The number of amides is 1. The molecule has 0 N–H and O–H groups in total. The van der Waals surface area contributed by atoms with Crippen LogP contribution < -0.4 is 0 Å². The molecule has 8 heteroatoms. The second-order valence-electron chi connectivity index (χ2n) is 10.6. The van der Waals surface area contributed by atoms with Gasteiger partial charge < -0.3 is 14.5 Å². The SMILES string of the molecule is COC(=O)c1cc(C(F)(F)F)cc2c1CC1C(C)[C@@]3(CC[C@@H](N4CCCCCC4)C3)C(=O)N1C2. The number of esters is 1. The summed E-state index contributed by atoms with van der Waals surface area (Å²) in [6.45, 7) is 4.42. The zero-order valence-electron chi connectivity index (χ0n) is 19.9. The first-order valence-corrected chi connectivity index (χ1v) is 12.5. The first-order chi connectivity index (χ1) is 16.2. The second kappa shape index (κ2) is 8.54. The number of carbonyl (C=O) groups is 2. The molecular formula is C26H33F3N2O3. The Kier molecular flexibility index (Phi) is 5.94.